The number of carbonyl (C=O) groups is 2. The summed E-state index contributed by atoms with van der Waals surface area (Å²) in [6.07, 6.45) is 2.92. The van der Waals surface area contributed by atoms with Crippen LogP contribution in [-0.2, 0) is 9.59 Å². The Bertz CT molecular complexity index is 334. The van der Waals surface area contributed by atoms with Gasteiger partial charge in [0.05, 0.1) is 0 Å². The van der Waals surface area contributed by atoms with Crippen molar-refractivity contribution in [3.05, 3.63) is 12.7 Å². The summed E-state index contributed by atoms with van der Waals surface area (Å²) in [5.74, 6) is -0.0796. The maximum Gasteiger partial charge on any atom is 0.249 e. The molecule has 1 aliphatic rings. The van der Waals surface area contributed by atoms with Gasteiger partial charge in [-0.2, -0.15) is 0 Å². The smallest absolute Gasteiger partial charge is 0.249 e. The number of hydrogen-bond donors (Lipinski definition) is 1. The van der Waals surface area contributed by atoms with E-state index in [1.807, 2.05) is 20.8 Å². The van der Waals surface area contributed by atoms with Gasteiger partial charge in [0.15, 0.2) is 0 Å². The summed E-state index contributed by atoms with van der Waals surface area (Å²) in [4.78, 5) is 26.1. The summed E-state index contributed by atoms with van der Waals surface area (Å²) in [5, 5.41) is 2.87. The van der Waals surface area contributed by atoms with Crippen LogP contribution in [0, 0.1) is 0 Å². The minimum Gasteiger partial charge on any atom is -0.340 e. The first-order chi connectivity index (χ1) is 7.93. The van der Waals surface area contributed by atoms with Gasteiger partial charge in [0.2, 0.25) is 11.8 Å². The molecule has 0 aromatic carbocycles. The number of nitrogens with one attached hydrogen (secondary N) is 1. The van der Waals surface area contributed by atoms with Gasteiger partial charge in [-0.25, -0.2) is 0 Å². The van der Waals surface area contributed by atoms with Crippen LogP contribution in [-0.4, -0.2) is 34.3 Å². The molecular weight excluding hydrogens is 216 g/mol. The van der Waals surface area contributed by atoms with Crippen LogP contribution in [0.4, 0.5) is 0 Å². The summed E-state index contributed by atoms with van der Waals surface area (Å²) in [6, 6.07) is -0.553. The third-order valence-corrected chi connectivity index (χ3v) is 3.79. The number of nitrogens with zero attached hydrogens (tertiary/aromatic N) is 1. The third-order valence-electron chi connectivity index (χ3n) is 3.79. The van der Waals surface area contributed by atoms with Crippen LogP contribution in [0.5, 0.6) is 0 Å². The SMILES string of the molecule is C=CC(C)N1C(=O)C(CC)(CC)NC(=O)C1C. The van der Waals surface area contributed by atoms with Crippen molar-refractivity contribution in [3.8, 4) is 0 Å². The van der Waals surface area contributed by atoms with Crippen LogP contribution in [0.3, 0.4) is 0 Å². The number of carbonyl (C=O) groups excluding carboxylic acids is 2. The van der Waals surface area contributed by atoms with Crippen LogP contribution in [0.2, 0.25) is 0 Å². The number of piperazine rings is 1. The maximum absolute atomic E-state index is 12.5. The molecule has 0 aliphatic carbocycles. The Hall–Kier alpha value is -1.32. The molecule has 1 aliphatic heterocycles. The lowest BCUT2D eigenvalue weighted by Gasteiger charge is -2.46. The first-order valence-corrected chi connectivity index (χ1v) is 6.20. The van der Waals surface area contributed by atoms with E-state index in [-0.39, 0.29) is 17.9 Å². The Labute approximate surface area is 103 Å². The minimum atomic E-state index is -0.735. The Morgan fingerprint density at radius 2 is 2.00 bits per heavy atom. The van der Waals surface area contributed by atoms with Gasteiger partial charge in [0.25, 0.3) is 0 Å². The zero-order valence-corrected chi connectivity index (χ0v) is 11.1. The molecule has 96 valence electrons. The number of rotatable bonds is 4. The van der Waals surface area contributed by atoms with E-state index in [1.165, 1.54) is 0 Å². The van der Waals surface area contributed by atoms with Gasteiger partial charge in [0, 0.05) is 6.04 Å². The van der Waals surface area contributed by atoms with Crippen molar-refractivity contribution in [2.24, 2.45) is 0 Å². The van der Waals surface area contributed by atoms with E-state index in [1.54, 1.807) is 17.9 Å². The molecule has 2 atom stereocenters. The van der Waals surface area contributed by atoms with Gasteiger partial charge in [-0.1, -0.05) is 19.9 Å². The average molecular weight is 238 g/mol. The van der Waals surface area contributed by atoms with Crippen molar-refractivity contribution in [1.29, 1.82) is 0 Å². The van der Waals surface area contributed by atoms with E-state index in [0.717, 1.165) is 0 Å². The van der Waals surface area contributed by atoms with Crippen LogP contribution in [0.25, 0.3) is 0 Å². The molecule has 0 spiro atoms. The quantitative estimate of drug-likeness (QED) is 0.754. The molecule has 1 rings (SSSR count). The molecule has 2 amide bonds. The third kappa shape index (κ3) is 2.08. The van der Waals surface area contributed by atoms with E-state index in [2.05, 4.69) is 11.9 Å². The lowest BCUT2D eigenvalue weighted by molar-refractivity contribution is -0.156. The van der Waals surface area contributed by atoms with Gasteiger partial charge >= 0.3 is 0 Å². The molecule has 1 saturated heterocycles. The van der Waals surface area contributed by atoms with E-state index in [4.69, 9.17) is 0 Å². The van der Waals surface area contributed by atoms with Crippen molar-refractivity contribution < 1.29 is 9.59 Å². The maximum atomic E-state index is 12.5. The molecule has 1 fully saturated rings. The summed E-state index contributed by atoms with van der Waals surface area (Å²) in [7, 11) is 0. The Kier molecular flexibility index (Phi) is 3.96. The molecule has 0 aromatic heterocycles. The second-order valence-corrected chi connectivity index (χ2v) is 4.64. The van der Waals surface area contributed by atoms with E-state index < -0.39 is 11.6 Å². The number of amides is 2. The molecule has 2 unspecified atom stereocenters. The van der Waals surface area contributed by atoms with Gasteiger partial charge in [-0.3, -0.25) is 9.59 Å². The summed E-state index contributed by atoms with van der Waals surface area (Å²) >= 11 is 0. The predicted octanol–water partition coefficient (Wildman–Crippen LogP) is 1.47. The largest absolute Gasteiger partial charge is 0.340 e. The fourth-order valence-electron chi connectivity index (χ4n) is 2.32. The lowest BCUT2D eigenvalue weighted by atomic mass is 9.86. The van der Waals surface area contributed by atoms with E-state index >= 15 is 0 Å². The van der Waals surface area contributed by atoms with Gasteiger partial charge in [-0.15, -0.1) is 6.58 Å². The van der Waals surface area contributed by atoms with Gasteiger partial charge in [0.1, 0.15) is 11.6 Å². The fraction of sp³-hybridized carbons (Fsp3) is 0.692. The van der Waals surface area contributed by atoms with Crippen molar-refractivity contribution in [1.82, 2.24) is 10.2 Å². The highest BCUT2D eigenvalue weighted by atomic mass is 16.2. The lowest BCUT2D eigenvalue weighted by Crippen LogP contribution is -2.70. The molecule has 1 N–H and O–H groups in total. The zero-order valence-electron chi connectivity index (χ0n) is 11.1. The summed E-state index contributed by atoms with van der Waals surface area (Å²) < 4.78 is 0. The van der Waals surface area contributed by atoms with Crippen molar-refractivity contribution in [2.45, 2.75) is 58.2 Å². The highest BCUT2D eigenvalue weighted by Gasteiger charge is 2.48. The molecule has 1 heterocycles. The summed E-state index contributed by atoms with van der Waals surface area (Å²) in [6.45, 7) is 11.2. The molecular formula is C13H22N2O2. The molecule has 4 heteroatoms. The predicted molar refractivity (Wildman–Crippen MR) is 67.4 cm³/mol. The molecule has 0 radical (unpaired) electrons. The van der Waals surface area contributed by atoms with Gasteiger partial charge in [-0.05, 0) is 26.7 Å². The van der Waals surface area contributed by atoms with Crippen LogP contribution in [0.15, 0.2) is 12.7 Å². The second-order valence-electron chi connectivity index (χ2n) is 4.64. The Morgan fingerprint density at radius 1 is 1.47 bits per heavy atom. The molecule has 17 heavy (non-hydrogen) atoms. The molecule has 0 bridgehead atoms. The standard InChI is InChI=1S/C13H22N2O2/c1-6-9(4)15-10(5)11(16)14-13(7-2,8-3)12(15)17/h6,9-10H,1,7-8H2,2-5H3,(H,14,16). The monoisotopic (exact) mass is 238 g/mol. The molecule has 0 aromatic rings. The average Bonchev–Trinajstić information content (AvgIpc) is 2.34. The van der Waals surface area contributed by atoms with Crippen molar-refractivity contribution >= 4 is 11.8 Å². The van der Waals surface area contributed by atoms with Gasteiger partial charge < -0.3 is 10.2 Å². The highest BCUT2D eigenvalue weighted by Crippen LogP contribution is 2.26. The molecule has 4 nitrogen and oxygen atoms in total. The normalized spacial score (nSPS) is 25.4. The van der Waals surface area contributed by atoms with Crippen LogP contribution >= 0.6 is 0 Å². The van der Waals surface area contributed by atoms with Crippen LogP contribution in [0.1, 0.15) is 40.5 Å². The van der Waals surface area contributed by atoms with E-state index in [0.29, 0.717) is 12.8 Å². The number of hydrogen-bond acceptors (Lipinski definition) is 2. The zero-order chi connectivity index (χ0) is 13.2. The topological polar surface area (TPSA) is 49.4 Å². The summed E-state index contributed by atoms with van der Waals surface area (Å²) in [5.41, 5.74) is -0.735. The first-order valence-electron chi connectivity index (χ1n) is 6.20. The molecule has 0 saturated carbocycles. The Balaban J connectivity index is 3.15. The first kappa shape index (κ1) is 13.7. The Morgan fingerprint density at radius 3 is 2.41 bits per heavy atom. The van der Waals surface area contributed by atoms with Crippen LogP contribution < -0.4 is 5.32 Å². The minimum absolute atomic E-state index is 0.00185. The second kappa shape index (κ2) is 4.90. The van der Waals surface area contributed by atoms with E-state index in [9.17, 15) is 9.59 Å². The van der Waals surface area contributed by atoms with Crippen molar-refractivity contribution in [3.63, 3.8) is 0 Å². The fourth-order valence-corrected chi connectivity index (χ4v) is 2.32. The van der Waals surface area contributed by atoms with Crippen molar-refractivity contribution in [2.75, 3.05) is 0 Å². The highest BCUT2D eigenvalue weighted by molar-refractivity contribution is 5.99.